The molecule has 0 aromatic heterocycles. The normalized spacial score (nSPS) is 18.0. The van der Waals surface area contributed by atoms with E-state index in [1.54, 1.807) is 27.7 Å². The maximum atomic E-state index is 11.5. The predicted octanol–water partition coefficient (Wildman–Crippen LogP) is 1.55. The summed E-state index contributed by atoms with van der Waals surface area (Å²) < 4.78 is 17.9. The Hall–Kier alpha value is -3.84. The summed E-state index contributed by atoms with van der Waals surface area (Å²) in [5.74, 6) is 0. The van der Waals surface area contributed by atoms with Crippen LogP contribution < -0.4 is 0 Å². The second-order valence-corrected chi connectivity index (χ2v) is 8.70. The van der Waals surface area contributed by atoms with Crippen molar-refractivity contribution in [2.45, 2.75) is 102 Å². The fraction of sp³-hybridized carbons (Fsp3) is 0.750. The van der Waals surface area contributed by atoms with Crippen LogP contribution in [0.4, 0.5) is 0 Å². The van der Waals surface area contributed by atoms with Crippen molar-refractivity contribution in [1.29, 1.82) is 0 Å². The Morgan fingerprint density at radius 1 is 0.564 bits per heavy atom. The first kappa shape index (κ1) is 35.2. The van der Waals surface area contributed by atoms with Crippen LogP contribution in [-0.2, 0) is 43.0 Å². The highest BCUT2D eigenvalue weighted by molar-refractivity contribution is 5.37. The molecule has 0 saturated carbocycles. The van der Waals surface area contributed by atoms with Crippen molar-refractivity contribution in [3.8, 4) is 0 Å². The van der Waals surface area contributed by atoms with Gasteiger partial charge in [-0.25, -0.2) is 38.8 Å². The van der Waals surface area contributed by atoms with E-state index in [0.717, 1.165) is 0 Å². The highest BCUT2D eigenvalue weighted by Gasteiger charge is 2.50. The van der Waals surface area contributed by atoms with Crippen LogP contribution in [0.25, 0.3) is 0 Å². The average Bonchev–Trinajstić information content (AvgIpc) is 2.91. The van der Waals surface area contributed by atoms with Gasteiger partial charge in [0, 0.05) is 0 Å². The Kier molecular flexibility index (Phi) is 16.6. The molecule has 0 saturated heterocycles. The summed E-state index contributed by atoms with van der Waals surface area (Å²) in [4.78, 5) is 88.6. The number of aliphatic imine (C=N–C) groups is 6. The molecule has 0 N–H and O–H groups in total. The minimum atomic E-state index is -1.71. The molecule has 0 amide bonds. The van der Waals surface area contributed by atoms with Crippen molar-refractivity contribution in [3.05, 3.63) is 0 Å². The largest absolute Gasteiger partial charge is 0.366 e. The fourth-order valence-electron chi connectivity index (χ4n) is 3.70. The Bertz CT molecular complexity index is 998. The number of rotatable bonds is 20. The van der Waals surface area contributed by atoms with Gasteiger partial charge in [-0.2, -0.15) is 20.0 Å². The van der Waals surface area contributed by atoms with E-state index < -0.39 is 47.8 Å². The van der Waals surface area contributed by atoms with Crippen molar-refractivity contribution in [2.75, 3.05) is 13.2 Å². The summed E-state index contributed by atoms with van der Waals surface area (Å²) in [5, 5.41) is 0. The molecule has 39 heavy (non-hydrogen) atoms. The molecule has 0 aliphatic rings. The number of hydrogen-bond donors (Lipinski definition) is 0. The summed E-state index contributed by atoms with van der Waals surface area (Å²) in [6.07, 6.45) is 5.47. The maximum Gasteiger partial charge on any atom is 0.237 e. The number of nitrogens with zero attached hydrogens (tertiary/aromatic N) is 6. The van der Waals surface area contributed by atoms with Gasteiger partial charge >= 0.3 is 0 Å². The average molecular weight is 549 g/mol. The molecule has 0 aliphatic heterocycles. The molecule has 0 spiro atoms. The molecule has 0 fully saturated rings. The van der Waals surface area contributed by atoms with Gasteiger partial charge in [-0.3, -0.25) is 0 Å². The van der Waals surface area contributed by atoms with Gasteiger partial charge < -0.3 is 14.2 Å². The molecule has 0 aromatic rings. The molecule has 0 bridgehead atoms. The Labute approximate surface area is 225 Å². The van der Waals surface area contributed by atoms with E-state index in [1.807, 2.05) is 0 Å². The fourth-order valence-corrected chi connectivity index (χ4v) is 3.70. The standard InChI is InChI=1S/C24H32N6O9/c1-7-19(27-13-33)23(5,37-9-17(3)25-11-31)21(29-15-35)39-22(30-16-36)24(6,20(8-2)28-14-34)38-10-18(4)26-12-32/h17-22H,7-10H2,1-6H3. The molecule has 15 nitrogen and oxygen atoms in total. The number of ether oxygens (including phenoxy) is 3. The van der Waals surface area contributed by atoms with E-state index in [9.17, 15) is 28.8 Å². The lowest BCUT2D eigenvalue weighted by Crippen LogP contribution is -2.58. The van der Waals surface area contributed by atoms with E-state index in [-0.39, 0.29) is 26.1 Å². The van der Waals surface area contributed by atoms with Crippen molar-refractivity contribution < 1.29 is 43.0 Å². The molecule has 0 aromatic carbocycles. The minimum absolute atomic E-state index is 0.176. The molecule has 0 heterocycles. The van der Waals surface area contributed by atoms with E-state index in [0.29, 0.717) is 0 Å². The zero-order chi connectivity index (χ0) is 29.9. The van der Waals surface area contributed by atoms with Crippen molar-refractivity contribution >= 4 is 36.5 Å². The molecule has 212 valence electrons. The quantitative estimate of drug-likeness (QED) is 0.160. The summed E-state index contributed by atoms with van der Waals surface area (Å²) in [7, 11) is 0. The summed E-state index contributed by atoms with van der Waals surface area (Å²) >= 11 is 0. The van der Waals surface area contributed by atoms with E-state index in [4.69, 9.17) is 14.2 Å². The van der Waals surface area contributed by atoms with Gasteiger partial charge in [0.2, 0.25) is 36.5 Å². The van der Waals surface area contributed by atoms with Crippen LogP contribution in [0.15, 0.2) is 30.0 Å². The lowest BCUT2D eigenvalue weighted by Gasteiger charge is -2.43. The Balaban J connectivity index is 6.95. The van der Waals surface area contributed by atoms with Crippen LogP contribution in [-0.4, -0.2) is 97.5 Å². The smallest absolute Gasteiger partial charge is 0.237 e. The van der Waals surface area contributed by atoms with Gasteiger partial charge in [0.15, 0.2) is 12.5 Å². The summed E-state index contributed by atoms with van der Waals surface area (Å²) in [6.45, 7) is 8.84. The monoisotopic (exact) mass is 548 g/mol. The van der Waals surface area contributed by atoms with Crippen LogP contribution in [0.3, 0.4) is 0 Å². The first-order valence-electron chi connectivity index (χ1n) is 11.9. The van der Waals surface area contributed by atoms with E-state index in [2.05, 4.69) is 30.0 Å². The molecule has 0 aliphatic carbocycles. The zero-order valence-electron chi connectivity index (χ0n) is 22.7. The topological polar surface area (TPSA) is 204 Å². The highest BCUT2D eigenvalue weighted by Crippen LogP contribution is 2.35. The van der Waals surface area contributed by atoms with Gasteiger partial charge in [0.1, 0.15) is 11.2 Å². The molecule has 0 rings (SSSR count). The lowest BCUT2D eigenvalue weighted by molar-refractivity contribution is -0.212. The maximum absolute atomic E-state index is 11.5. The Morgan fingerprint density at radius 3 is 1.13 bits per heavy atom. The van der Waals surface area contributed by atoms with Gasteiger partial charge in [-0.1, -0.05) is 13.8 Å². The minimum Gasteiger partial charge on any atom is -0.366 e. The second-order valence-electron chi connectivity index (χ2n) is 8.70. The van der Waals surface area contributed by atoms with E-state index in [1.165, 1.54) is 50.3 Å². The first-order chi connectivity index (χ1) is 18.6. The van der Waals surface area contributed by atoms with Gasteiger partial charge in [0.25, 0.3) is 0 Å². The number of carbonyl (C=O) groups excluding carboxylic acids is 6. The molecule has 8 atom stereocenters. The third kappa shape index (κ3) is 10.4. The van der Waals surface area contributed by atoms with Gasteiger partial charge in [0.05, 0.1) is 37.4 Å². The van der Waals surface area contributed by atoms with E-state index >= 15 is 0 Å². The summed E-state index contributed by atoms with van der Waals surface area (Å²) in [5.41, 5.74) is -3.42. The molecule has 15 heteroatoms. The van der Waals surface area contributed by atoms with Crippen molar-refractivity contribution in [1.82, 2.24) is 0 Å². The van der Waals surface area contributed by atoms with Crippen LogP contribution >= 0.6 is 0 Å². The lowest BCUT2D eigenvalue weighted by atomic mass is 9.90. The molecular formula is C24H32N6O9. The van der Waals surface area contributed by atoms with Gasteiger partial charge in [-0.15, -0.1) is 0 Å². The van der Waals surface area contributed by atoms with Crippen molar-refractivity contribution in [3.63, 3.8) is 0 Å². The van der Waals surface area contributed by atoms with Crippen LogP contribution in [0, 0.1) is 0 Å². The van der Waals surface area contributed by atoms with Crippen LogP contribution in [0.5, 0.6) is 0 Å². The zero-order valence-corrected chi connectivity index (χ0v) is 22.7. The third-order valence-corrected chi connectivity index (χ3v) is 5.91. The predicted molar refractivity (Wildman–Crippen MR) is 133 cm³/mol. The third-order valence-electron chi connectivity index (χ3n) is 5.91. The van der Waals surface area contributed by atoms with Crippen LogP contribution in [0.1, 0.15) is 54.4 Å². The summed E-state index contributed by atoms with van der Waals surface area (Å²) in [6, 6.07) is -3.39. The first-order valence-corrected chi connectivity index (χ1v) is 11.9. The highest BCUT2D eigenvalue weighted by atomic mass is 16.6. The Morgan fingerprint density at radius 2 is 0.872 bits per heavy atom. The molecule has 8 unspecified atom stereocenters. The van der Waals surface area contributed by atoms with Crippen molar-refractivity contribution in [2.24, 2.45) is 30.0 Å². The van der Waals surface area contributed by atoms with Gasteiger partial charge in [-0.05, 0) is 40.5 Å². The van der Waals surface area contributed by atoms with Crippen LogP contribution in [0.2, 0.25) is 0 Å². The number of hydrogen-bond acceptors (Lipinski definition) is 15. The SMILES string of the molecule is CCC(N=C=O)C(C)(OCC(C)N=C=O)C(N=C=O)OC(N=C=O)C(C)(OCC(C)N=C=O)C(CC)N=C=O. The second kappa shape index (κ2) is 18.4. The molecular weight excluding hydrogens is 516 g/mol. The number of isocyanates is 6. The molecule has 0 radical (unpaired) electrons.